The molecular formula is C19H31ClN2O2. The number of likely N-dealkylation sites (tertiary alicyclic amines) is 1. The van der Waals surface area contributed by atoms with Crippen LogP contribution < -0.4 is 10.5 Å². The van der Waals surface area contributed by atoms with Crippen molar-refractivity contribution in [3.8, 4) is 5.75 Å². The Morgan fingerprint density at radius 1 is 1.29 bits per heavy atom. The highest BCUT2D eigenvalue weighted by Gasteiger charge is 2.34. The Labute approximate surface area is 152 Å². The number of rotatable bonds is 5. The average molecular weight is 355 g/mol. The van der Waals surface area contributed by atoms with Gasteiger partial charge in [-0.2, -0.15) is 0 Å². The van der Waals surface area contributed by atoms with Crippen molar-refractivity contribution < 1.29 is 9.53 Å². The van der Waals surface area contributed by atoms with Gasteiger partial charge in [-0.15, -0.1) is 12.4 Å². The summed E-state index contributed by atoms with van der Waals surface area (Å²) in [4.78, 5) is 14.5. The zero-order valence-corrected chi connectivity index (χ0v) is 16.1. The van der Waals surface area contributed by atoms with Crippen LogP contribution in [0.2, 0.25) is 0 Å². The molecule has 1 aliphatic heterocycles. The van der Waals surface area contributed by atoms with Gasteiger partial charge in [0.2, 0.25) is 0 Å². The summed E-state index contributed by atoms with van der Waals surface area (Å²) in [6, 6.07) is 7.81. The third-order valence-corrected chi connectivity index (χ3v) is 5.12. The first-order chi connectivity index (χ1) is 10.8. The van der Waals surface area contributed by atoms with Crippen molar-refractivity contribution in [3.05, 3.63) is 29.8 Å². The van der Waals surface area contributed by atoms with Crippen LogP contribution >= 0.6 is 12.4 Å². The first kappa shape index (κ1) is 20.8. The lowest BCUT2D eigenvalue weighted by atomic mass is 9.74. The molecule has 24 heavy (non-hydrogen) atoms. The molecule has 4 nitrogen and oxygen atoms in total. The number of carbonyl (C=O) groups excluding carboxylic acids is 1. The number of hydrogen-bond acceptors (Lipinski definition) is 3. The summed E-state index contributed by atoms with van der Waals surface area (Å²) < 4.78 is 5.79. The average Bonchev–Trinajstić information content (AvgIpc) is 2.56. The largest absolute Gasteiger partial charge is 0.481 e. The van der Waals surface area contributed by atoms with Gasteiger partial charge in [0.05, 0.1) is 0 Å². The van der Waals surface area contributed by atoms with Gasteiger partial charge in [0.15, 0.2) is 6.10 Å². The molecular weight excluding hydrogens is 324 g/mol. The summed E-state index contributed by atoms with van der Waals surface area (Å²) in [5.41, 5.74) is 7.21. The Kier molecular flexibility index (Phi) is 7.56. The Morgan fingerprint density at radius 3 is 2.33 bits per heavy atom. The summed E-state index contributed by atoms with van der Waals surface area (Å²) in [6.07, 6.45) is 1.59. The monoisotopic (exact) mass is 354 g/mol. The molecule has 1 aliphatic rings. The fourth-order valence-electron chi connectivity index (χ4n) is 3.18. The summed E-state index contributed by atoms with van der Waals surface area (Å²) in [6.45, 7) is 10.6. The first-order valence-electron chi connectivity index (χ1n) is 8.55. The molecule has 1 atom stereocenters. The van der Waals surface area contributed by atoms with Crippen LogP contribution in [0.5, 0.6) is 5.75 Å². The SMILES string of the molecule is Cc1ccc(O[C@@H](C)C(=O)N2CCC(C(C)(C)CN)CC2)cc1.Cl. The zero-order valence-electron chi connectivity index (χ0n) is 15.2. The quantitative estimate of drug-likeness (QED) is 0.881. The molecule has 0 radical (unpaired) electrons. The lowest BCUT2D eigenvalue weighted by Crippen LogP contribution is -2.47. The van der Waals surface area contributed by atoms with Crippen molar-refractivity contribution in [2.45, 2.75) is 46.6 Å². The van der Waals surface area contributed by atoms with Gasteiger partial charge in [-0.25, -0.2) is 0 Å². The van der Waals surface area contributed by atoms with E-state index in [2.05, 4.69) is 13.8 Å². The Hall–Kier alpha value is -1.26. The highest BCUT2D eigenvalue weighted by molar-refractivity contribution is 5.85. The number of carbonyl (C=O) groups is 1. The van der Waals surface area contributed by atoms with Crippen molar-refractivity contribution in [2.24, 2.45) is 17.1 Å². The van der Waals surface area contributed by atoms with Crippen LogP contribution in [0.4, 0.5) is 0 Å². The maximum absolute atomic E-state index is 12.6. The number of piperidine rings is 1. The summed E-state index contributed by atoms with van der Waals surface area (Å²) in [7, 11) is 0. The van der Waals surface area contributed by atoms with Crippen molar-refractivity contribution in [2.75, 3.05) is 19.6 Å². The Bertz CT molecular complexity index is 523. The van der Waals surface area contributed by atoms with Crippen LogP contribution in [0, 0.1) is 18.3 Å². The molecule has 1 amide bonds. The van der Waals surface area contributed by atoms with E-state index in [1.807, 2.05) is 43.0 Å². The molecule has 2 N–H and O–H groups in total. The molecule has 1 fully saturated rings. The van der Waals surface area contributed by atoms with E-state index in [0.717, 1.165) is 31.7 Å². The van der Waals surface area contributed by atoms with E-state index < -0.39 is 6.10 Å². The number of halogens is 1. The molecule has 1 saturated heterocycles. The van der Waals surface area contributed by atoms with E-state index in [1.54, 1.807) is 0 Å². The highest BCUT2D eigenvalue weighted by Crippen LogP contribution is 2.34. The van der Waals surface area contributed by atoms with Gasteiger partial charge in [0.25, 0.3) is 5.91 Å². The standard InChI is InChI=1S/C19H30N2O2.ClH/c1-14-5-7-17(8-6-14)23-15(2)18(22)21-11-9-16(10-12-21)19(3,4)13-20;/h5-8,15-16H,9-13,20H2,1-4H3;1H/t15-;/m0./s1. The molecule has 1 aromatic rings. The summed E-state index contributed by atoms with van der Waals surface area (Å²) in [5.74, 6) is 1.41. The van der Waals surface area contributed by atoms with Crippen LogP contribution in [0.3, 0.4) is 0 Å². The molecule has 0 unspecified atom stereocenters. The van der Waals surface area contributed by atoms with E-state index in [4.69, 9.17) is 10.5 Å². The fraction of sp³-hybridized carbons (Fsp3) is 0.632. The molecule has 5 heteroatoms. The molecule has 136 valence electrons. The molecule has 0 aromatic heterocycles. The normalized spacial score (nSPS) is 17.1. The zero-order chi connectivity index (χ0) is 17.0. The third-order valence-electron chi connectivity index (χ3n) is 5.12. The van der Waals surface area contributed by atoms with Gasteiger partial charge in [0, 0.05) is 13.1 Å². The van der Waals surface area contributed by atoms with Gasteiger partial charge < -0.3 is 15.4 Å². The van der Waals surface area contributed by atoms with E-state index in [1.165, 1.54) is 5.56 Å². The fourth-order valence-corrected chi connectivity index (χ4v) is 3.18. The van der Waals surface area contributed by atoms with Crippen molar-refractivity contribution in [1.82, 2.24) is 4.90 Å². The van der Waals surface area contributed by atoms with Gasteiger partial charge in [-0.1, -0.05) is 31.5 Å². The number of benzene rings is 1. The van der Waals surface area contributed by atoms with E-state index in [0.29, 0.717) is 12.5 Å². The highest BCUT2D eigenvalue weighted by atomic mass is 35.5. The van der Waals surface area contributed by atoms with Crippen LogP contribution in [-0.4, -0.2) is 36.5 Å². The lowest BCUT2D eigenvalue weighted by molar-refractivity contribution is -0.139. The molecule has 2 rings (SSSR count). The number of aryl methyl sites for hydroxylation is 1. The second-order valence-electron chi connectivity index (χ2n) is 7.37. The minimum absolute atomic E-state index is 0. The maximum atomic E-state index is 12.6. The predicted octanol–water partition coefficient (Wildman–Crippen LogP) is 3.41. The topological polar surface area (TPSA) is 55.6 Å². The van der Waals surface area contributed by atoms with Crippen LogP contribution in [-0.2, 0) is 4.79 Å². The maximum Gasteiger partial charge on any atom is 0.263 e. The van der Waals surface area contributed by atoms with Crippen molar-refractivity contribution in [3.63, 3.8) is 0 Å². The third kappa shape index (κ3) is 5.12. The Morgan fingerprint density at radius 2 is 1.83 bits per heavy atom. The summed E-state index contributed by atoms with van der Waals surface area (Å²) in [5, 5.41) is 0. The van der Waals surface area contributed by atoms with Crippen LogP contribution in [0.15, 0.2) is 24.3 Å². The van der Waals surface area contributed by atoms with Gasteiger partial charge >= 0.3 is 0 Å². The van der Waals surface area contributed by atoms with Gasteiger partial charge in [-0.3, -0.25) is 4.79 Å². The van der Waals surface area contributed by atoms with E-state index in [-0.39, 0.29) is 23.7 Å². The Balaban J connectivity index is 0.00000288. The van der Waals surface area contributed by atoms with Gasteiger partial charge in [-0.05, 0) is 56.7 Å². The minimum Gasteiger partial charge on any atom is -0.481 e. The van der Waals surface area contributed by atoms with Gasteiger partial charge in [0.1, 0.15) is 5.75 Å². The minimum atomic E-state index is -0.447. The van der Waals surface area contributed by atoms with E-state index >= 15 is 0 Å². The van der Waals surface area contributed by atoms with Crippen LogP contribution in [0.1, 0.15) is 39.2 Å². The molecule has 1 aromatic carbocycles. The number of nitrogens with two attached hydrogens (primary N) is 1. The number of nitrogens with zero attached hydrogens (tertiary/aromatic N) is 1. The molecule has 0 saturated carbocycles. The predicted molar refractivity (Wildman–Crippen MR) is 101 cm³/mol. The van der Waals surface area contributed by atoms with Crippen LogP contribution in [0.25, 0.3) is 0 Å². The van der Waals surface area contributed by atoms with E-state index in [9.17, 15) is 4.79 Å². The molecule has 0 aliphatic carbocycles. The van der Waals surface area contributed by atoms with Crippen molar-refractivity contribution in [1.29, 1.82) is 0 Å². The number of amides is 1. The number of hydrogen-bond donors (Lipinski definition) is 1. The smallest absolute Gasteiger partial charge is 0.263 e. The van der Waals surface area contributed by atoms with Crippen molar-refractivity contribution >= 4 is 18.3 Å². The second-order valence-corrected chi connectivity index (χ2v) is 7.37. The molecule has 1 heterocycles. The summed E-state index contributed by atoms with van der Waals surface area (Å²) >= 11 is 0. The first-order valence-corrected chi connectivity index (χ1v) is 8.55. The number of ether oxygens (including phenoxy) is 1. The lowest BCUT2D eigenvalue weighted by Gasteiger charge is -2.40. The second kappa shape index (κ2) is 8.72. The molecule has 0 spiro atoms. The molecule has 0 bridgehead atoms.